The highest BCUT2D eigenvalue weighted by molar-refractivity contribution is 7.98. The number of ether oxygens (including phenoxy) is 1. The maximum Gasteiger partial charge on any atom is 0.338 e. The topological polar surface area (TPSA) is 49.8 Å². The van der Waals surface area contributed by atoms with Gasteiger partial charge in [0.2, 0.25) is 0 Å². The zero-order valence-electron chi connectivity index (χ0n) is 11.4. The highest BCUT2D eigenvalue weighted by Crippen LogP contribution is 2.32. The van der Waals surface area contributed by atoms with Crippen molar-refractivity contribution in [1.29, 1.82) is 0 Å². The zero-order valence-corrected chi connectivity index (χ0v) is 12.2. The van der Waals surface area contributed by atoms with Crippen molar-refractivity contribution in [1.82, 2.24) is 0 Å². The molecule has 0 amide bonds. The van der Waals surface area contributed by atoms with Crippen molar-refractivity contribution in [2.24, 2.45) is 0 Å². The van der Waals surface area contributed by atoms with Crippen molar-refractivity contribution < 1.29 is 14.6 Å². The van der Waals surface area contributed by atoms with Gasteiger partial charge in [0.1, 0.15) is 0 Å². The average molecular weight is 281 g/mol. The molecule has 0 spiro atoms. The molecule has 1 N–H and O–H groups in total. The SMILES string of the molecule is CSc1cccc(N2CC(C)OCC2C)c1C(=O)O. The molecular formula is C14H19NO3S. The van der Waals surface area contributed by atoms with Crippen LogP contribution in [-0.4, -0.2) is 42.6 Å². The lowest BCUT2D eigenvalue weighted by Gasteiger charge is -2.39. The molecule has 2 atom stereocenters. The van der Waals surface area contributed by atoms with Gasteiger partial charge in [0.15, 0.2) is 0 Å². The van der Waals surface area contributed by atoms with Crippen molar-refractivity contribution in [3.05, 3.63) is 23.8 Å². The Hall–Kier alpha value is -1.20. The summed E-state index contributed by atoms with van der Waals surface area (Å²) in [5.41, 5.74) is 1.19. The fourth-order valence-corrected chi connectivity index (χ4v) is 2.99. The van der Waals surface area contributed by atoms with Crippen LogP contribution in [0.25, 0.3) is 0 Å². The lowest BCUT2D eigenvalue weighted by Crippen LogP contribution is -2.48. The van der Waals surface area contributed by atoms with E-state index in [0.29, 0.717) is 12.2 Å². The van der Waals surface area contributed by atoms with Crippen LogP contribution in [-0.2, 0) is 4.74 Å². The molecule has 0 radical (unpaired) electrons. The molecule has 0 aliphatic carbocycles. The van der Waals surface area contributed by atoms with Crippen molar-refractivity contribution in [3.63, 3.8) is 0 Å². The van der Waals surface area contributed by atoms with E-state index in [9.17, 15) is 9.90 Å². The maximum atomic E-state index is 11.6. The number of carbonyl (C=O) groups is 1. The number of morpholine rings is 1. The standard InChI is InChI=1S/C14H19NO3S/c1-9-8-18-10(2)7-15(9)11-5-4-6-12(19-3)13(11)14(16)17/h4-6,9-10H,7-8H2,1-3H3,(H,16,17). The zero-order chi connectivity index (χ0) is 14.0. The van der Waals surface area contributed by atoms with Crippen molar-refractivity contribution in [2.75, 3.05) is 24.3 Å². The fourth-order valence-electron chi connectivity index (χ4n) is 2.38. The predicted octanol–water partition coefficient (Wildman–Crippen LogP) is 2.72. The number of aromatic carboxylic acids is 1. The number of carboxylic acid groups (broad SMARTS) is 1. The summed E-state index contributed by atoms with van der Waals surface area (Å²) in [5.74, 6) is -0.869. The first-order valence-corrected chi connectivity index (χ1v) is 7.55. The molecule has 1 saturated heterocycles. The van der Waals surface area contributed by atoms with Gasteiger partial charge in [-0.15, -0.1) is 11.8 Å². The van der Waals surface area contributed by atoms with Crippen molar-refractivity contribution in [2.45, 2.75) is 30.9 Å². The molecule has 1 aromatic carbocycles. The first kappa shape index (κ1) is 14.2. The highest BCUT2D eigenvalue weighted by atomic mass is 32.2. The Labute approximate surface area is 117 Å². The van der Waals surface area contributed by atoms with Crippen LogP contribution >= 0.6 is 11.8 Å². The van der Waals surface area contributed by atoms with Gasteiger partial charge in [0.25, 0.3) is 0 Å². The molecule has 4 nitrogen and oxygen atoms in total. The van der Waals surface area contributed by atoms with E-state index in [0.717, 1.165) is 17.1 Å². The van der Waals surface area contributed by atoms with Crippen molar-refractivity contribution in [3.8, 4) is 0 Å². The van der Waals surface area contributed by atoms with Crippen LogP contribution in [0.5, 0.6) is 0 Å². The van der Waals surface area contributed by atoms with Crippen LogP contribution in [0.3, 0.4) is 0 Å². The van der Waals surface area contributed by atoms with Gasteiger partial charge in [-0.25, -0.2) is 4.79 Å². The van der Waals surface area contributed by atoms with Gasteiger partial charge in [-0.2, -0.15) is 0 Å². The number of thioether (sulfide) groups is 1. The van der Waals surface area contributed by atoms with E-state index in [1.54, 1.807) is 0 Å². The Balaban J connectivity index is 2.46. The van der Waals surface area contributed by atoms with Crippen LogP contribution in [0.1, 0.15) is 24.2 Å². The highest BCUT2D eigenvalue weighted by Gasteiger charge is 2.28. The molecule has 1 aliphatic heterocycles. The van der Waals surface area contributed by atoms with Gasteiger partial charge in [0.05, 0.1) is 24.0 Å². The molecule has 0 bridgehead atoms. The summed E-state index contributed by atoms with van der Waals surface area (Å²) in [6.45, 7) is 5.42. The van der Waals surface area contributed by atoms with E-state index in [-0.39, 0.29) is 12.1 Å². The average Bonchev–Trinajstić information content (AvgIpc) is 2.40. The summed E-state index contributed by atoms with van der Waals surface area (Å²) < 4.78 is 5.60. The van der Waals surface area contributed by atoms with Gasteiger partial charge in [-0.1, -0.05) is 6.07 Å². The van der Waals surface area contributed by atoms with E-state index in [4.69, 9.17) is 4.74 Å². The smallest absolute Gasteiger partial charge is 0.338 e. The second-order valence-electron chi connectivity index (χ2n) is 4.80. The number of hydrogen-bond acceptors (Lipinski definition) is 4. The second-order valence-corrected chi connectivity index (χ2v) is 5.65. The fraction of sp³-hybridized carbons (Fsp3) is 0.500. The minimum atomic E-state index is -0.869. The van der Waals surface area contributed by atoms with Crippen LogP contribution in [0, 0.1) is 0 Å². The Morgan fingerprint density at radius 2 is 2.21 bits per heavy atom. The first-order chi connectivity index (χ1) is 9.04. The molecule has 2 rings (SSSR count). The predicted molar refractivity (Wildman–Crippen MR) is 77.4 cm³/mol. The normalized spacial score (nSPS) is 23.4. The molecule has 104 valence electrons. The molecule has 1 aliphatic rings. The summed E-state index contributed by atoms with van der Waals surface area (Å²) >= 11 is 1.47. The molecule has 2 unspecified atom stereocenters. The minimum absolute atomic E-state index is 0.121. The van der Waals surface area contributed by atoms with Crippen LogP contribution in [0.4, 0.5) is 5.69 Å². The second kappa shape index (κ2) is 5.84. The van der Waals surface area contributed by atoms with Crippen LogP contribution in [0.2, 0.25) is 0 Å². The largest absolute Gasteiger partial charge is 0.478 e. The molecule has 0 aromatic heterocycles. The third-order valence-electron chi connectivity index (χ3n) is 3.36. The monoisotopic (exact) mass is 281 g/mol. The Morgan fingerprint density at radius 3 is 2.84 bits per heavy atom. The Bertz CT molecular complexity index is 478. The van der Waals surface area contributed by atoms with Gasteiger partial charge in [-0.3, -0.25) is 0 Å². The third kappa shape index (κ3) is 2.87. The summed E-state index contributed by atoms with van der Waals surface area (Å²) in [7, 11) is 0. The van der Waals surface area contributed by atoms with Gasteiger partial charge < -0.3 is 14.7 Å². The van der Waals surface area contributed by atoms with E-state index in [1.165, 1.54) is 11.8 Å². The number of rotatable bonds is 3. The van der Waals surface area contributed by atoms with Gasteiger partial charge in [-0.05, 0) is 32.2 Å². The number of nitrogens with zero attached hydrogens (tertiary/aromatic N) is 1. The van der Waals surface area contributed by atoms with E-state index in [2.05, 4.69) is 11.8 Å². The van der Waals surface area contributed by atoms with E-state index in [1.807, 2.05) is 31.4 Å². The number of benzene rings is 1. The Kier molecular flexibility index (Phi) is 4.37. The summed E-state index contributed by atoms with van der Waals surface area (Å²) in [6, 6.07) is 5.84. The van der Waals surface area contributed by atoms with Crippen molar-refractivity contribution >= 4 is 23.4 Å². The van der Waals surface area contributed by atoms with Gasteiger partial charge in [0, 0.05) is 17.5 Å². The molecule has 1 fully saturated rings. The van der Waals surface area contributed by atoms with E-state index >= 15 is 0 Å². The molecule has 0 saturated carbocycles. The molecule has 19 heavy (non-hydrogen) atoms. The lowest BCUT2D eigenvalue weighted by atomic mass is 10.1. The molecule has 1 aromatic rings. The number of carboxylic acids is 1. The number of anilines is 1. The third-order valence-corrected chi connectivity index (χ3v) is 4.14. The number of hydrogen-bond donors (Lipinski definition) is 1. The molecule has 5 heteroatoms. The summed E-state index contributed by atoms with van der Waals surface area (Å²) in [6.07, 6.45) is 2.02. The summed E-state index contributed by atoms with van der Waals surface area (Å²) in [5, 5.41) is 9.49. The lowest BCUT2D eigenvalue weighted by molar-refractivity contribution is 0.0341. The van der Waals surface area contributed by atoms with E-state index < -0.39 is 5.97 Å². The van der Waals surface area contributed by atoms with Crippen LogP contribution < -0.4 is 4.90 Å². The Morgan fingerprint density at radius 1 is 1.47 bits per heavy atom. The summed E-state index contributed by atoms with van der Waals surface area (Å²) in [4.78, 5) is 14.5. The van der Waals surface area contributed by atoms with Crippen LogP contribution in [0.15, 0.2) is 23.1 Å². The first-order valence-electron chi connectivity index (χ1n) is 6.33. The quantitative estimate of drug-likeness (QED) is 0.863. The molecular weight excluding hydrogens is 262 g/mol. The van der Waals surface area contributed by atoms with Gasteiger partial charge >= 0.3 is 5.97 Å². The molecule has 1 heterocycles. The maximum absolute atomic E-state index is 11.6. The minimum Gasteiger partial charge on any atom is -0.478 e.